The Hall–Kier alpha value is -0.610. The van der Waals surface area contributed by atoms with Crippen LogP contribution in [-0.2, 0) is 9.53 Å². The van der Waals surface area contributed by atoms with Crippen molar-refractivity contribution in [2.75, 3.05) is 33.8 Å². The lowest BCUT2D eigenvalue weighted by atomic mass is 10.2. The van der Waals surface area contributed by atoms with Crippen LogP contribution >= 0.6 is 0 Å². The molecule has 0 aliphatic rings. The predicted octanol–water partition coefficient (Wildman–Crippen LogP) is 0.869. The second kappa shape index (κ2) is 8.68. The first-order valence-corrected chi connectivity index (χ1v) is 5.62. The molecule has 1 atom stereocenters. The molecule has 0 heterocycles. The Bertz CT molecular complexity index is 172. The highest BCUT2D eigenvalue weighted by molar-refractivity contribution is 5.75. The van der Waals surface area contributed by atoms with Crippen LogP contribution in [0.15, 0.2) is 0 Å². The first-order valence-electron chi connectivity index (χ1n) is 5.62. The Morgan fingerprint density at radius 1 is 1.40 bits per heavy atom. The number of ether oxygens (including phenoxy) is 1. The van der Waals surface area contributed by atoms with E-state index in [1.165, 1.54) is 0 Å². The molecule has 0 amide bonds. The first-order chi connectivity index (χ1) is 7.07. The molecular formula is C11H24N2O2. The zero-order valence-electron chi connectivity index (χ0n) is 10.4. The van der Waals surface area contributed by atoms with E-state index in [0.29, 0.717) is 6.61 Å². The third-order valence-corrected chi connectivity index (χ3v) is 2.12. The molecule has 0 bridgehead atoms. The largest absolute Gasteiger partial charge is 0.465 e. The maximum absolute atomic E-state index is 11.2. The van der Waals surface area contributed by atoms with Gasteiger partial charge >= 0.3 is 5.97 Å². The van der Waals surface area contributed by atoms with Crippen LogP contribution in [0.1, 0.15) is 26.7 Å². The number of nitrogens with one attached hydrogen (secondary N) is 1. The van der Waals surface area contributed by atoms with Crippen molar-refractivity contribution in [3.05, 3.63) is 0 Å². The zero-order valence-corrected chi connectivity index (χ0v) is 10.4. The highest BCUT2D eigenvalue weighted by Gasteiger charge is 2.11. The molecule has 4 nitrogen and oxygen atoms in total. The van der Waals surface area contributed by atoms with Crippen molar-refractivity contribution in [1.29, 1.82) is 0 Å². The summed E-state index contributed by atoms with van der Waals surface area (Å²) in [6, 6.07) is -0.190. The summed E-state index contributed by atoms with van der Waals surface area (Å²) in [5, 5.41) is 3.15. The Morgan fingerprint density at radius 2 is 2.07 bits per heavy atom. The number of carbonyl (C=O) groups excluding carboxylic acids is 1. The fraction of sp³-hybridized carbons (Fsp3) is 0.909. The molecule has 0 aromatic rings. The summed E-state index contributed by atoms with van der Waals surface area (Å²) in [5.41, 5.74) is 0. The molecule has 0 aromatic heterocycles. The summed E-state index contributed by atoms with van der Waals surface area (Å²) in [4.78, 5) is 13.4. The van der Waals surface area contributed by atoms with E-state index < -0.39 is 0 Å². The van der Waals surface area contributed by atoms with Gasteiger partial charge in [0.1, 0.15) is 6.04 Å². The maximum Gasteiger partial charge on any atom is 0.322 e. The van der Waals surface area contributed by atoms with Crippen LogP contribution in [0, 0.1) is 0 Å². The molecule has 0 spiro atoms. The minimum atomic E-state index is -0.190. The molecule has 4 heteroatoms. The highest BCUT2D eigenvalue weighted by atomic mass is 16.5. The summed E-state index contributed by atoms with van der Waals surface area (Å²) in [7, 11) is 4.13. The van der Waals surface area contributed by atoms with Crippen LogP contribution < -0.4 is 5.32 Å². The van der Waals surface area contributed by atoms with E-state index in [2.05, 4.69) is 24.3 Å². The zero-order chi connectivity index (χ0) is 11.7. The molecule has 0 fully saturated rings. The van der Waals surface area contributed by atoms with E-state index in [9.17, 15) is 4.79 Å². The molecule has 1 N–H and O–H groups in total. The van der Waals surface area contributed by atoms with Gasteiger partial charge in [0.25, 0.3) is 0 Å². The third-order valence-electron chi connectivity index (χ3n) is 2.12. The maximum atomic E-state index is 11.2. The van der Waals surface area contributed by atoms with E-state index in [1.807, 2.05) is 13.8 Å². The Morgan fingerprint density at radius 3 is 2.60 bits per heavy atom. The lowest BCUT2D eigenvalue weighted by molar-refractivity contribution is -0.145. The smallest absolute Gasteiger partial charge is 0.322 e. The van der Waals surface area contributed by atoms with Gasteiger partial charge in [0.2, 0.25) is 0 Å². The van der Waals surface area contributed by atoms with Gasteiger partial charge < -0.3 is 15.0 Å². The van der Waals surface area contributed by atoms with Crippen molar-refractivity contribution in [2.45, 2.75) is 32.7 Å². The summed E-state index contributed by atoms with van der Waals surface area (Å²) in [6.07, 6.45) is 2.23. The molecule has 0 aliphatic heterocycles. The number of hydrogen-bond acceptors (Lipinski definition) is 4. The standard InChI is InChI=1S/C11H24N2O2/c1-5-15-11(14)10(2)12-8-6-7-9-13(3)4/h10,12H,5-9H2,1-4H3. The van der Waals surface area contributed by atoms with Gasteiger partial charge in [-0.05, 0) is 53.9 Å². The topological polar surface area (TPSA) is 41.6 Å². The fourth-order valence-corrected chi connectivity index (χ4v) is 1.22. The van der Waals surface area contributed by atoms with Gasteiger partial charge in [-0.25, -0.2) is 0 Å². The molecule has 0 rings (SSSR count). The summed E-state index contributed by atoms with van der Waals surface area (Å²) in [5.74, 6) is -0.162. The quantitative estimate of drug-likeness (QED) is 0.483. The van der Waals surface area contributed by atoms with Gasteiger partial charge in [-0.15, -0.1) is 0 Å². The van der Waals surface area contributed by atoms with Gasteiger partial charge in [0.05, 0.1) is 6.61 Å². The van der Waals surface area contributed by atoms with Crippen LogP contribution in [-0.4, -0.2) is 50.7 Å². The second-order valence-corrected chi connectivity index (χ2v) is 3.94. The van der Waals surface area contributed by atoms with Crippen LogP contribution in [0.25, 0.3) is 0 Å². The number of nitrogens with zero attached hydrogens (tertiary/aromatic N) is 1. The van der Waals surface area contributed by atoms with Crippen LogP contribution in [0.3, 0.4) is 0 Å². The minimum Gasteiger partial charge on any atom is -0.465 e. The summed E-state index contributed by atoms with van der Waals surface area (Å²) in [6.45, 7) is 6.07. The molecule has 0 radical (unpaired) electrons. The van der Waals surface area contributed by atoms with Crippen molar-refractivity contribution in [1.82, 2.24) is 10.2 Å². The lowest BCUT2D eigenvalue weighted by Crippen LogP contribution is -2.36. The van der Waals surface area contributed by atoms with Gasteiger partial charge in [0.15, 0.2) is 0 Å². The van der Waals surface area contributed by atoms with Crippen molar-refractivity contribution < 1.29 is 9.53 Å². The van der Waals surface area contributed by atoms with Crippen LogP contribution in [0.4, 0.5) is 0 Å². The van der Waals surface area contributed by atoms with Crippen molar-refractivity contribution in [2.24, 2.45) is 0 Å². The number of carbonyl (C=O) groups is 1. The van der Waals surface area contributed by atoms with Crippen LogP contribution in [0.5, 0.6) is 0 Å². The van der Waals surface area contributed by atoms with E-state index in [4.69, 9.17) is 4.74 Å². The van der Waals surface area contributed by atoms with E-state index in [0.717, 1.165) is 25.9 Å². The average molecular weight is 216 g/mol. The molecule has 90 valence electrons. The lowest BCUT2D eigenvalue weighted by Gasteiger charge is -2.13. The molecule has 0 saturated carbocycles. The van der Waals surface area contributed by atoms with E-state index in [-0.39, 0.29) is 12.0 Å². The monoisotopic (exact) mass is 216 g/mol. The highest BCUT2D eigenvalue weighted by Crippen LogP contribution is 1.92. The Balaban J connectivity index is 3.38. The molecule has 1 unspecified atom stereocenters. The van der Waals surface area contributed by atoms with Gasteiger partial charge in [-0.3, -0.25) is 4.79 Å². The average Bonchev–Trinajstić information content (AvgIpc) is 2.16. The summed E-state index contributed by atoms with van der Waals surface area (Å²) >= 11 is 0. The molecule has 0 aliphatic carbocycles. The van der Waals surface area contributed by atoms with Crippen LogP contribution in [0.2, 0.25) is 0 Å². The van der Waals surface area contributed by atoms with Crippen molar-refractivity contribution in [3.8, 4) is 0 Å². The van der Waals surface area contributed by atoms with E-state index in [1.54, 1.807) is 0 Å². The number of rotatable bonds is 8. The third kappa shape index (κ3) is 8.39. The minimum absolute atomic E-state index is 0.162. The number of unbranched alkanes of at least 4 members (excludes halogenated alkanes) is 1. The van der Waals surface area contributed by atoms with Crippen molar-refractivity contribution in [3.63, 3.8) is 0 Å². The Kier molecular flexibility index (Phi) is 8.33. The van der Waals surface area contributed by atoms with Crippen molar-refractivity contribution >= 4 is 5.97 Å². The number of esters is 1. The van der Waals surface area contributed by atoms with E-state index >= 15 is 0 Å². The normalized spacial score (nSPS) is 12.9. The van der Waals surface area contributed by atoms with Gasteiger partial charge in [0, 0.05) is 0 Å². The number of hydrogen-bond donors (Lipinski definition) is 1. The molecular weight excluding hydrogens is 192 g/mol. The molecule has 15 heavy (non-hydrogen) atoms. The second-order valence-electron chi connectivity index (χ2n) is 3.94. The Labute approximate surface area is 93.0 Å². The molecule has 0 saturated heterocycles. The SMILES string of the molecule is CCOC(=O)C(C)NCCCCN(C)C. The van der Waals surface area contributed by atoms with Gasteiger partial charge in [-0.2, -0.15) is 0 Å². The predicted molar refractivity (Wildman–Crippen MR) is 61.9 cm³/mol. The summed E-state index contributed by atoms with van der Waals surface area (Å²) < 4.78 is 4.89. The van der Waals surface area contributed by atoms with Gasteiger partial charge in [-0.1, -0.05) is 0 Å². The molecule has 0 aromatic carbocycles. The fourth-order valence-electron chi connectivity index (χ4n) is 1.22. The first kappa shape index (κ1) is 14.4.